The maximum Gasteiger partial charge on any atom is 0.264 e. The molecule has 1 unspecified atom stereocenters. The first-order chi connectivity index (χ1) is 22.2. The lowest BCUT2D eigenvalue weighted by Gasteiger charge is -2.33. The molecule has 0 aliphatic heterocycles. The summed E-state index contributed by atoms with van der Waals surface area (Å²) in [5.41, 5.74) is 0.441. The second kappa shape index (κ2) is 15.1. The Bertz CT molecular complexity index is 1710. The summed E-state index contributed by atoms with van der Waals surface area (Å²) in [7, 11) is -4.23. The first-order valence-electron chi connectivity index (χ1n) is 15.5. The highest BCUT2D eigenvalue weighted by Crippen LogP contribution is 2.29. The molecule has 0 radical (unpaired) electrons. The van der Waals surface area contributed by atoms with Crippen molar-refractivity contribution < 1.29 is 27.1 Å². The van der Waals surface area contributed by atoms with Crippen LogP contribution in [0.1, 0.15) is 44.6 Å². The Morgan fingerprint density at radius 1 is 0.826 bits per heavy atom. The van der Waals surface area contributed by atoms with E-state index in [1.807, 2.05) is 18.2 Å². The van der Waals surface area contributed by atoms with Crippen molar-refractivity contribution in [3.8, 4) is 11.5 Å². The lowest BCUT2D eigenvalue weighted by atomic mass is 9.95. The first-order valence-corrected chi connectivity index (χ1v) is 16.9. The summed E-state index contributed by atoms with van der Waals surface area (Å²) < 4.78 is 49.8. The number of benzene rings is 4. The van der Waals surface area contributed by atoms with Crippen molar-refractivity contribution in [3.63, 3.8) is 0 Å². The van der Waals surface area contributed by atoms with Gasteiger partial charge in [-0.05, 0) is 74.4 Å². The molecular formula is C36H38FN3O5S. The average molecular weight is 644 g/mol. The van der Waals surface area contributed by atoms with E-state index >= 15 is 0 Å². The van der Waals surface area contributed by atoms with Crippen LogP contribution in [0.5, 0.6) is 11.5 Å². The maximum atomic E-state index is 14.8. The van der Waals surface area contributed by atoms with Crippen LogP contribution in [0, 0.1) is 5.82 Å². The van der Waals surface area contributed by atoms with E-state index in [0.29, 0.717) is 11.5 Å². The number of hydrogen-bond donors (Lipinski definition) is 1. The van der Waals surface area contributed by atoms with Gasteiger partial charge in [0.2, 0.25) is 11.8 Å². The second-order valence-corrected chi connectivity index (χ2v) is 13.2. The molecule has 0 heterocycles. The van der Waals surface area contributed by atoms with Gasteiger partial charge in [-0.2, -0.15) is 0 Å². The molecule has 8 nitrogen and oxygen atoms in total. The molecule has 1 aliphatic carbocycles. The zero-order valence-corrected chi connectivity index (χ0v) is 26.5. The van der Waals surface area contributed by atoms with Crippen LogP contribution in [0.15, 0.2) is 114 Å². The molecule has 1 saturated carbocycles. The summed E-state index contributed by atoms with van der Waals surface area (Å²) in [4.78, 5) is 28.9. The van der Waals surface area contributed by atoms with Crippen molar-refractivity contribution in [1.29, 1.82) is 0 Å². The van der Waals surface area contributed by atoms with Crippen LogP contribution in [-0.2, 0) is 26.2 Å². The molecule has 4 aromatic rings. The molecule has 1 atom stereocenters. The number of nitrogens with one attached hydrogen (secondary N) is 1. The quantitative estimate of drug-likeness (QED) is 0.186. The number of halogens is 1. The number of amides is 2. The Hall–Kier alpha value is -4.70. The van der Waals surface area contributed by atoms with Gasteiger partial charge in [-0.25, -0.2) is 12.8 Å². The van der Waals surface area contributed by atoms with Crippen molar-refractivity contribution in [2.75, 3.05) is 10.8 Å². The smallest absolute Gasteiger partial charge is 0.264 e. The number of carbonyl (C=O) groups is 2. The largest absolute Gasteiger partial charge is 0.457 e. The van der Waals surface area contributed by atoms with Gasteiger partial charge < -0.3 is 15.0 Å². The number of sulfonamides is 1. The summed E-state index contributed by atoms with van der Waals surface area (Å²) in [6.45, 7) is 0.752. The monoisotopic (exact) mass is 643 g/mol. The standard InChI is InChI=1S/C36H38FN3O5S/c1-27(36(42)38-29-14-5-2-6-15-29)39(25-28-13-11-12-20-34(28)37)35(41)26-40(46(43,44)33-18-9-4-10-19-33)30-21-23-32(24-22-30)45-31-16-7-3-8-17-31/h3-4,7-13,16-24,27,29H,2,5-6,14-15,25-26H2,1H3,(H,38,42). The lowest BCUT2D eigenvalue weighted by molar-refractivity contribution is -0.139. The van der Waals surface area contributed by atoms with Crippen LogP contribution < -0.4 is 14.4 Å². The van der Waals surface area contributed by atoms with Gasteiger partial charge in [-0.15, -0.1) is 0 Å². The van der Waals surface area contributed by atoms with Gasteiger partial charge in [-0.3, -0.25) is 13.9 Å². The van der Waals surface area contributed by atoms with Gasteiger partial charge >= 0.3 is 0 Å². The fourth-order valence-electron chi connectivity index (χ4n) is 5.51. The zero-order chi connectivity index (χ0) is 32.5. The molecule has 0 bridgehead atoms. The van der Waals surface area contributed by atoms with E-state index < -0.39 is 34.3 Å². The highest BCUT2D eigenvalue weighted by Gasteiger charge is 2.33. The molecule has 2 amide bonds. The molecular weight excluding hydrogens is 605 g/mol. The summed E-state index contributed by atoms with van der Waals surface area (Å²) in [5, 5.41) is 3.05. The number of para-hydroxylation sites is 1. The average Bonchev–Trinajstić information content (AvgIpc) is 3.08. The summed E-state index contributed by atoms with van der Waals surface area (Å²) in [6.07, 6.45) is 4.85. The number of anilines is 1. The number of hydrogen-bond acceptors (Lipinski definition) is 5. The fourth-order valence-corrected chi connectivity index (χ4v) is 6.95. The van der Waals surface area contributed by atoms with Crippen molar-refractivity contribution in [3.05, 3.63) is 121 Å². The Morgan fingerprint density at radius 2 is 1.41 bits per heavy atom. The van der Waals surface area contributed by atoms with E-state index in [1.54, 1.807) is 79.7 Å². The van der Waals surface area contributed by atoms with E-state index in [1.165, 1.54) is 23.1 Å². The van der Waals surface area contributed by atoms with Gasteiger partial charge in [0.25, 0.3) is 10.0 Å². The van der Waals surface area contributed by atoms with Gasteiger partial charge in [0.05, 0.1) is 10.6 Å². The number of carbonyl (C=O) groups excluding carboxylic acids is 2. The topological polar surface area (TPSA) is 96.0 Å². The maximum absolute atomic E-state index is 14.8. The number of ether oxygens (including phenoxy) is 1. The molecule has 240 valence electrons. The molecule has 1 fully saturated rings. The highest BCUT2D eigenvalue weighted by atomic mass is 32.2. The van der Waals surface area contributed by atoms with E-state index in [0.717, 1.165) is 36.4 Å². The summed E-state index contributed by atoms with van der Waals surface area (Å²) in [6, 6.07) is 28.4. The molecule has 0 saturated heterocycles. The highest BCUT2D eigenvalue weighted by molar-refractivity contribution is 7.92. The third kappa shape index (κ3) is 8.11. The third-order valence-electron chi connectivity index (χ3n) is 8.13. The number of nitrogens with zero attached hydrogens (tertiary/aromatic N) is 2. The van der Waals surface area contributed by atoms with Crippen LogP contribution >= 0.6 is 0 Å². The van der Waals surface area contributed by atoms with Gasteiger partial charge in [-0.1, -0.05) is 73.9 Å². The zero-order valence-electron chi connectivity index (χ0n) is 25.7. The van der Waals surface area contributed by atoms with E-state index in [-0.39, 0.29) is 34.6 Å². The molecule has 1 aliphatic rings. The van der Waals surface area contributed by atoms with Crippen LogP contribution in [0.2, 0.25) is 0 Å². The fraction of sp³-hybridized carbons (Fsp3) is 0.278. The van der Waals surface area contributed by atoms with Crippen molar-refractivity contribution in [1.82, 2.24) is 10.2 Å². The third-order valence-corrected chi connectivity index (χ3v) is 9.92. The summed E-state index contributed by atoms with van der Waals surface area (Å²) in [5.74, 6) is -0.450. The molecule has 0 spiro atoms. The summed E-state index contributed by atoms with van der Waals surface area (Å²) >= 11 is 0. The van der Waals surface area contributed by atoms with Gasteiger partial charge in [0.15, 0.2) is 0 Å². The van der Waals surface area contributed by atoms with Gasteiger partial charge in [0, 0.05) is 18.2 Å². The second-order valence-electron chi connectivity index (χ2n) is 11.4. The first kappa shape index (κ1) is 32.7. The number of rotatable bonds is 12. The Kier molecular flexibility index (Phi) is 10.7. The van der Waals surface area contributed by atoms with Crippen molar-refractivity contribution >= 4 is 27.5 Å². The van der Waals surface area contributed by atoms with Crippen LogP contribution in [-0.4, -0.2) is 43.8 Å². The Balaban J connectivity index is 1.46. The Labute approximate surface area is 269 Å². The molecule has 10 heteroatoms. The lowest BCUT2D eigenvalue weighted by Crippen LogP contribution is -2.53. The minimum Gasteiger partial charge on any atom is -0.457 e. The van der Waals surface area contributed by atoms with Crippen LogP contribution in [0.4, 0.5) is 10.1 Å². The van der Waals surface area contributed by atoms with Crippen molar-refractivity contribution in [2.45, 2.75) is 62.6 Å². The van der Waals surface area contributed by atoms with E-state index in [4.69, 9.17) is 4.74 Å². The van der Waals surface area contributed by atoms with Crippen LogP contribution in [0.3, 0.4) is 0 Å². The minimum absolute atomic E-state index is 0.000639. The minimum atomic E-state index is -4.23. The predicted octanol–water partition coefficient (Wildman–Crippen LogP) is 6.68. The molecule has 0 aromatic heterocycles. The van der Waals surface area contributed by atoms with E-state index in [9.17, 15) is 22.4 Å². The van der Waals surface area contributed by atoms with Crippen LogP contribution in [0.25, 0.3) is 0 Å². The van der Waals surface area contributed by atoms with Gasteiger partial charge in [0.1, 0.15) is 29.9 Å². The predicted molar refractivity (Wildman–Crippen MR) is 175 cm³/mol. The molecule has 4 aromatic carbocycles. The molecule has 46 heavy (non-hydrogen) atoms. The molecule has 1 N–H and O–H groups in total. The Morgan fingerprint density at radius 3 is 2.07 bits per heavy atom. The normalized spacial score (nSPS) is 14.2. The van der Waals surface area contributed by atoms with Crippen molar-refractivity contribution in [2.24, 2.45) is 0 Å². The molecule has 5 rings (SSSR count). The SMILES string of the molecule is CC(C(=O)NC1CCCCC1)N(Cc1ccccc1F)C(=O)CN(c1ccc(Oc2ccccc2)cc1)S(=O)(=O)c1ccccc1. The van der Waals surface area contributed by atoms with E-state index in [2.05, 4.69) is 5.32 Å².